The molecule has 4 heteroatoms. The van der Waals surface area contributed by atoms with Gasteiger partial charge in [-0.25, -0.2) is 9.97 Å². The second-order valence-electron chi connectivity index (χ2n) is 15.0. The molecule has 4 nitrogen and oxygen atoms in total. The molecule has 0 N–H and O–H groups in total. The lowest BCUT2D eigenvalue weighted by molar-refractivity contribution is 1.01. The van der Waals surface area contributed by atoms with Crippen molar-refractivity contribution in [3.8, 4) is 28.3 Å². The van der Waals surface area contributed by atoms with Crippen LogP contribution in [-0.2, 0) is 0 Å². The van der Waals surface area contributed by atoms with Crippen molar-refractivity contribution >= 4 is 92.3 Å². The van der Waals surface area contributed by atoms with E-state index >= 15 is 0 Å². The molecule has 13 rings (SSSR count). The van der Waals surface area contributed by atoms with Gasteiger partial charge in [0, 0.05) is 43.3 Å². The molecule has 0 saturated heterocycles. The Labute approximate surface area is 320 Å². The van der Waals surface area contributed by atoms with Crippen LogP contribution in [0.4, 0.5) is 0 Å². The van der Waals surface area contributed by atoms with Gasteiger partial charge in [0.25, 0.3) is 0 Å². The summed E-state index contributed by atoms with van der Waals surface area (Å²) < 4.78 is 4.68. The van der Waals surface area contributed by atoms with Gasteiger partial charge in [-0.2, -0.15) is 0 Å². The van der Waals surface area contributed by atoms with E-state index in [1.54, 1.807) is 0 Å². The summed E-state index contributed by atoms with van der Waals surface area (Å²) >= 11 is 0. The molecule has 0 aliphatic rings. The average Bonchev–Trinajstić information content (AvgIpc) is 3.90. The quantitative estimate of drug-likeness (QED) is 0.171. The van der Waals surface area contributed by atoms with Crippen LogP contribution in [0.2, 0.25) is 0 Å². The molecule has 0 radical (unpaired) electrons. The molecule has 9 aromatic carbocycles. The van der Waals surface area contributed by atoms with E-state index in [4.69, 9.17) is 9.97 Å². The van der Waals surface area contributed by atoms with Gasteiger partial charge in [-0.15, -0.1) is 0 Å². The lowest BCUT2D eigenvalue weighted by Gasteiger charge is -2.14. The molecule has 56 heavy (non-hydrogen) atoms. The maximum absolute atomic E-state index is 5.50. The van der Waals surface area contributed by atoms with E-state index in [9.17, 15) is 0 Å². The summed E-state index contributed by atoms with van der Waals surface area (Å²) in [5, 5.41) is 13.3. The molecule has 258 valence electrons. The fourth-order valence-electron chi connectivity index (χ4n) is 9.52. The number of fused-ring (bicyclic) bond motifs is 13. The van der Waals surface area contributed by atoms with Gasteiger partial charge < -0.3 is 4.40 Å². The van der Waals surface area contributed by atoms with E-state index < -0.39 is 0 Å². The average molecular weight is 711 g/mol. The van der Waals surface area contributed by atoms with Crippen LogP contribution in [0.15, 0.2) is 182 Å². The third-order valence-corrected chi connectivity index (χ3v) is 12.0. The van der Waals surface area contributed by atoms with E-state index in [0.29, 0.717) is 5.95 Å². The second-order valence-corrected chi connectivity index (χ2v) is 15.0. The summed E-state index contributed by atoms with van der Waals surface area (Å²) in [4.78, 5) is 10.8. The number of nitrogens with zero attached hydrogens (tertiary/aromatic N) is 4. The molecule has 0 amide bonds. The van der Waals surface area contributed by atoms with Crippen LogP contribution >= 0.6 is 0 Å². The highest BCUT2D eigenvalue weighted by molar-refractivity contribution is 6.23. The Morgan fingerprint density at radius 3 is 1.71 bits per heavy atom. The van der Waals surface area contributed by atoms with Crippen molar-refractivity contribution in [2.24, 2.45) is 0 Å². The molecule has 0 aliphatic heterocycles. The van der Waals surface area contributed by atoms with E-state index in [0.717, 1.165) is 38.6 Å². The van der Waals surface area contributed by atoms with Gasteiger partial charge in [-0.3, -0.25) is 4.57 Å². The molecule has 0 fully saturated rings. The molecule has 0 aliphatic carbocycles. The third-order valence-electron chi connectivity index (χ3n) is 12.0. The standard InChI is InChI=1S/C52H30N4/c1-2-12-33-28-36(21-20-31(33)10-1)50-49-37-13-4-3-11-32(37)22-25-44(49)53-52(54-50)56-46-19-8-6-15-39(46)42-29-34(24-27-48(42)56)35-23-26-47-43(30-35)41-17-9-16-40-38-14-5-7-18-45(38)55(47)51(40)41/h1-30H. The van der Waals surface area contributed by atoms with Crippen LogP contribution < -0.4 is 0 Å². The smallest absolute Gasteiger partial charge is 0.235 e. The van der Waals surface area contributed by atoms with Crippen LogP contribution in [-0.4, -0.2) is 18.9 Å². The fraction of sp³-hybridized carbons (Fsp3) is 0. The summed E-state index contributed by atoms with van der Waals surface area (Å²) in [6, 6.07) is 65.9. The maximum Gasteiger partial charge on any atom is 0.235 e. The first-order valence-corrected chi connectivity index (χ1v) is 19.2. The topological polar surface area (TPSA) is 35.1 Å². The lowest BCUT2D eigenvalue weighted by atomic mass is 9.98. The van der Waals surface area contributed by atoms with Crippen LogP contribution in [0, 0.1) is 0 Å². The first-order chi connectivity index (χ1) is 27.8. The number of hydrogen-bond donors (Lipinski definition) is 0. The summed E-state index contributed by atoms with van der Waals surface area (Å²) in [6.07, 6.45) is 0. The first-order valence-electron chi connectivity index (χ1n) is 19.2. The van der Waals surface area contributed by atoms with Gasteiger partial charge in [0.15, 0.2) is 0 Å². The van der Waals surface area contributed by atoms with Crippen LogP contribution in [0.5, 0.6) is 0 Å². The Balaban J connectivity index is 1.04. The predicted octanol–water partition coefficient (Wildman–Crippen LogP) is 13.5. The summed E-state index contributed by atoms with van der Waals surface area (Å²) in [5.74, 6) is 0.662. The second kappa shape index (κ2) is 11.0. The first kappa shape index (κ1) is 29.8. The molecule has 4 heterocycles. The van der Waals surface area contributed by atoms with Gasteiger partial charge in [0.05, 0.1) is 38.8 Å². The van der Waals surface area contributed by atoms with E-state index in [2.05, 4.69) is 191 Å². The molecule has 0 unspecified atom stereocenters. The highest BCUT2D eigenvalue weighted by atomic mass is 15.2. The Bertz CT molecular complexity index is 3770. The van der Waals surface area contributed by atoms with Crippen molar-refractivity contribution in [3.05, 3.63) is 182 Å². The van der Waals surface area contributed by atoms with Gasteiger partial charge in [0.2, 0.25) is 5.95 Å². The Kier molecular flexibility index (Phi) is 5.86. The zero-order valence-corrected chi connectivity index (χ0v) is 30.1. The highest BCUT2D eigenvalue weighted by Crippen LogP contribution is 2.42. The molecule has 0 spiro atoms. The Hall–Kier alpha value is -7.56. The minimum atomic E-state index is 0.662. The number of aromatic nitrogens is 4. The summed E-state index contributed by atoms with van der Waals surface area (Å²) in [6.45, 7) is 0. The number of hydrogen-bond acceptors (Lipinski definition) is 2. The molecule has 4 aromatic heterocycles. The van der Waals surface area contributed by atoms with E-state index in [-0.39, 0.29) is 0 Å². The molecular weight excluding hydrogens is 681 g/mol. The molecule has 0 atom stereocenters. The van der Waals surface area contributed by atoms with Crippen LogP contribution in [0.3, 0.4) is 0 Å². The van der Waals surface area contributed by atoms with Crippen molar-refractivity contribution in [1.82, 2.24) is 18.9 Å². The summed E-state index contributed by atoms with van der Waals surface area (Å²) in [5.41, 5.74) is 11.2. The third kappa shape index (κ3) is 4.02. The zero-order valence-electron chi connectivity index (χ0n) is 30.1. The van der Waals surface area contributed by atoms with Crippen LogP contribution in [0.1, 0.15) is 0 Å². The molecule has 0 saturated carbocycles. The predicted molar refractivity (Wildman–Crippen MR) is 234 cm³/mol. The molecule has 13 aromatic rings. The minimum Gasteiger partial charge on any atom is -0.308 e. The lowest BCUT2D eigenvalue weighted by Crippen LogP contribution is -2.03. The normalized spacial score (nSPS) is 12.3. The van der Waals surface area contributed by atoms with Crippen molar-refractivity contribution in [3.63, 3.8) is 0 Å². The van der Waals surface area contributed by atoms with Crippen LogP contribution in [0.25, 0.3) is 121 Å². The number of benzene rings is 9. The monoisotopic (exact) mass is 710 g/mol. The summed E-state index contributed by atoms with van der Waals surface area (Å²) in [7, 11) is 0. The maximum atomic E-state index is 5.50. The van der Waals surface area contributed by atoms with E-state index in [1.807, 2.05) is 0 Å². The van der Waals surface area contributed by atoms with Crippen molar-refractivity contribution in [2.75, 3.05) is 0 Å². The number of para-hydroxylation sites is 3. The Morgan fingerprint density at radius 2 is 0.893 bits per heavy atom. The molecule has 0 bridgehead atoms. The van der Waals surface area contributed by atoms with Crippen molar-refractivity contribution < 1.29 is 0 Å². The Morgan fingerprint density at radius 1 is 0.339 bits per heavy atom. The zero-order chi connectivity index (χ0) is 36.5. The van der Waals surface area contributed by atoms with Gasteiger partial charge in [-0.1, -0.05) is 133 Å². The molecular formula is C52H30N4. The largest absolute Gasteiger partial charge is 0.308 e. The van der Waals surface area contributed by atoms with Gasteiger partial charge >= 0.3 is 0 Å². The van der Waals surface area contributed by atoms with E-state index in [1.165, 1.54) is 76.2 Å². The van der Waals surface area contributed by atoms with Crippen molar-refractivity contribution in [2.45, 2.75) is 0 Å². The van der Waals surface area contributed by atoms with Gasteiger partial charge in [-0.05, 0) is 81.2 Å². The SMILES string of the molecule is c1ccc2cc(-c3nc(-n4c5ccccc5c5cc(-c6ccc7c(c6)c6cccc8c9ccccc9n7c86)ccc54)nc4ccc5ccccc5c34)ccc2c1. The highest BCUT2D eigenvalue weighted by Gasteiger charge is 2.21. The van der Waals surface area contributed by atoms with Gasteiger partial charge in [0.1, 0.15) is 0 Å². The minimum absolute atomic E-state index is 0.662. The fourth-order valence-corrected chi connectivity index (χ4v) is 9.52. The van der Waals surface area contributed by atoms with Crippen molar-refractivity contribution in [1.29, 1.82) is 0 Å². The number of rotatable bonds is 3.